The summed E-state index contributed by atoms with van der Waals surface area (Å²) in [5.74, 6) is 0.401. The van der Waals surface area contributed by atoms with Crippen molar-refractivity contribution >= 4 is 15.8 Å². The SMILES string of the molecule is CC[C@@H]1[C@@H](CN2CCCS2(=O)=O)OC[C@@]1(C)n1ccc(N)nc1=O. The number of anilines is 1. The second-order valence-corrected chi connectivity index (χ2v) is 8.84. The molecule has 0 spiro atoms. The molecule has 24 heavy (non-hydrogen) atoms. The van der Waals surface area contributed by atoms with Crippen molar-refractivity contribution < 1.29 is 13.2 Å². The van der Waals surface area contributed by atoms with Crippen molar-refractivity contribution in [3.63, 3.8) is 0 Å². The third kappa shape index (κ3) is 2.84. The number of ether oxygens (including phenoxy) is 1. The fourth-order valence-electron chi connectivity index (χ4n) is 3.93. The molecule has 0 aromatic carbocycles. The van der Waals surface area contributed by atoms with E-state index in [0.717, 1.165) is 6.42 Å². The second kappa shape index (κ2) is 6.12. The Morgan fingerprint density at radius 1 is 1.50 bits per heavy atom. The average Bonchev–Trinajstić information content (AvgIpc) is 3.00. The standard InChI is InChI=1S/C15H24N4O4S/c1-3-11-12(9-18-6-4-8-24(18,21)22)23-10-15(11,2)19-7-5-13(16)17-14(19)20/h5,7,11-12H,3-4,6,8-10H2,1-2H3,(H2,16,17,20)/t11-,12-,15-/m1/s1. The minimum absolute atomic E-state index is 0.0106. The van der Waals surface area contributed by atoms with Gasteiger partial charge in [0, 0.05) is 25.2 Å². The van der Waals surface area contributed by atoms with Gasteiger partial charge in [-0.15, -0.1) is 0 Å². The van der Waals surface area contributed by atoms with Gasteiger partial charge in [-0.3, -0.25) is 4.57 Å². The van der Waals surface area contributed by atoms with Crippen LogP contribution >= 0.6 is 0 Å². The molecule has 1 aromatic rings. The van der Waals surface area contributed by atoms with E-state index in [1.54, 1.807) is 16.8 Å². The highest BCUT2D eigenvalue weighted by Crippen LogP contribution is 2.39. The molecule has 2 saturated heterocycles. The van der Waals surface area contributed by atoms with Crippen LogP contribution in [0.4, 0.5) is 5.82 Å². The summed E-state index contributed by atoms with van der Waals surface area (Å²) in [4.78, 5) is 16.1. The molecular weight excluding hydrogens is 332 g/mol. The Morgan fingerprint density at radius 2 is 2.25 bits per heavy atom. The highest BCUT2D eigenvalue weighted by molar-refractivity contribution is 7.89. The zero-order valence-electron chi connectivity index (χ0n) is 14.0. The van der Waals surface area contributed by atoms with Gasteiger partial charge >= 0.3 is 5.69 Å². The van der Waals surface area contributed by atoms with Gasteiger partial charge in [0.15, 0.2) is 0 Å². The molecule has 0 unspecified atom stereocenters. The Morgan fingerprint density at radius 3 is 2.83 bits per heavy atom. The maximum Gasteiger partial charge on any atom is 0.350 e. The highest BCUT2D eigenvalue weighted by Gasteiger charge is 2.48. The van der Waals surface area contributed by atoms with Gasteiger partial charge in [-0.2, -0.15) is 9.29 Å². The molecule has 0 radical (unpaired) electrons. The summed E-state index contributed by atoms with van der Waals surface area (Å²) < 4.78 is 33.1. The molecule has 1 aromatic heterocycles. The van der Waals surface area contributed by atoms with E-state index in [2.05, 4.69) is 4.98 Å². The first-order valence-electron chi connectivity index (χ1n) is 8.23. The minimum Gasteiger partial charge on any atom is -0.383 e. The largest absolute Gasteiger partial charge is 0.383 e. The number of hydrogen-bond donors (Lipinski definition) is 1. The van der Waals surface area contributed by atoms with Gasteiger partial charge in [0.05, 0.1) is 24.0 Å². The van der Waals surface area contributed by atoms with Crippen LogP contribution in [-0.2, 0) is 20.3 Å². The van der Waals surface area contributed by atoms with Crippen molar-refractivity contribution in [2.75, 3.05) is 31.2 Å². The first-order valence-corrected chi connectivity index (χ1v) is 9.84. The van der Waals surface area contributed by atoms with E-state index in [9.17, 15) is 13.2 Å². The van der Waals surface area contributed by atoms with Crippen LogP contribution in [0.15, 0.2) is 17.1 Å². The first kappa shape index (κ1) is 17.4. The van der Waals surface area contributed by atoms with Crippen LogP contribution in [0, 0.1) is 5.92 Å². The summed E-state index contributed by atoms with van der Waals surface area (Å²) in [6.45, 7) is 5.21. The van der Waals surface area contributed by atoms with Crippen LogP contribution in [0.2, 0.25) is 0 Å². The van der Waals surface area contributed by atoms with Crippen LogP contribution in [-0.4, -0.2) is 53.8 Å². The quantitative estimate of drug-likeness (QED) is 0.814. The Labute approximate surface area is 141 Å². The van der Waals surface area contributed by atoms with Crippen molar-refractivity contribution in [1.29, 1.82) is 0 Å². The van der Waals surface area contributed by atoms with E-state index >= 15 is 0 Å². The van der Waals surface area contributed by atoms with E-state index < -0.39 is 21.3 Å². The van der Waals surface area contributed by atoms with E-state index in [-0.39, 0.29) is 23.6 Å². The molecule has 0 saturated carbocycles. The van der Waals surface area contributed by atoms with Crippen LogP contribution in [0.25, 0.3) is 0 Å². The third-order valence-electron chi connectivity index (χ3n) is 5.24. The number of nitrogens with zero attached hydrogens (tertiary/aromatic N) is 3. The Hall–Kier alpha value is -1.45. The Balaban J connectivity index is 1.87. The molecule has 3 atom stereocenters. The van der Waals surface area contributed by atoms with Crippen LogP contribution in [0.5, 0.6) is 0 Å². The van der Waals surface area contributed by atoms with Crippen LogP contribution in [0.1, 0.15) is 26.7 Å². The second-order valence-electron chi connectivity index (χ2n) is 6.75. The van der Waals surface area contributed by atoms with Crippen LogP contribution < -0.4 is 11.4 Å². The molecule has 3 heterocycles. The maximum atomic E-state index is 12.3. The number of nitrogens with two attached hydrogens (primary N) is 1. The van der Waals surface area contributed by atoms with Crippen molar-refractivity contribution in [2.24, 2.45) is 5.92 Å². The van der Waals surface area contributed by atoms with E-state index in [0.29, 0.717) is 26.1 Å². The molecule has 0 bridgehead atoms. The Kier molecular flexibility index (Phi) is 4.43. The molecule has 2 aliphatic rings. The lowest BCUT2D eigenvalue weighted by Gasteiger charge is -2.33. The molecule has 8 nitrogen and oxygen atoms in total. The fourth-order valence-corrected chi connectivity index (χ4v) is 5.47. The summed E-state index contributed by atoms with van der Waals surface area (Å²) >= 11 is 0. The van der Waals surface area contributed by atoms with Crippen molar-refractivity contribution in [2.45, 2.75) is 38.3 Å². The summed E-state index contributed by atoms with van der Waals surface area (Å²) in [5.41, 5.74) is 4.60. The van der Waals surface area contributed by atoms with Crippen molar-refractivity contribution in [1.82, 2.24) is 13.9 Å². The summed E-state index contributed by atoms with van der Waals surface area (Å²) in [5, 5.41) is 0. The molecule has 2 fully saturated rings. The number of hydrogen-bond acceptors (Lipinski definition) is 6. The summed E-state index contributed by atoms with van der Waals surface area (Å²) in [7, 11) is -3.17. The normalized spacial score (nSPS) is 33.1. The van der Waals surface area contributed by atoms with Gasteiger partial charge in [0.25, 0.3) is 0 Å². The van der Waals surface area contributed by atoms with Gasteiger partial charge in [-0.25, -0.2) is 13.2 Å². The fraction of sp³-hybridized carbons (Fsp3) is 0.733. The van der Waals surface area contributed by atoms with E-state index in [1.165, 1.54) is 4.31 Å². The maximum absolute atomic E-state index is 12.3. The molecule has 9 heteroatoms. The first-order chi connectivity index (χ1) is 11.3. The zero-order valence-corrected chi connectivity index (χ0v) is 14.8. The average molecular weight is 356 g/mol. The number of rotatable bonds is 4. The third-order valence-corrected chi connectivity index (χ3v) is 7.16. The molecule has 0 amide bonds. The lowest BCUT2D eigenvalue weighted by molar-refractivity contribution is 0.0735. The van der Waals surface area contributed by atoms with E-state index in [1.807, 2.05) is 13.8 Å². The molecule has 134 valence electrons. The predicted molar refractivity (Wildman–Crippen MR) is 90.1 cm³/mol. The highest BCUT2D eigenvalue weighted by atomic mass is 32.2. The molecule has 2 N–H and O–H groups in total. The van der Waals surface area contributed by atoms with Crippen LogP contribution in [0.3, 0.4) is 0 Å². The van der Waals surface area contributed by atoms with Gasteiger partial charge in [-0.05, 0) is 25.8 Å². The number of aromatic nitrogens is 2. The Bertz CT molecular complexity index is 778. The monoisotopic (exact) mass is 356 g/mol. The zero-order chi connectivity index (χ0) is 17.5. The molecule has 2 aliphatic heterocycles. The molecule has 0 aliphatic carbocycles. The lowest BCUT2D eigenvalue weighted by Crippen LogP contribution is -2.47. The number of nitrogen functional groups attached to an aromatic ring is 1. The lowest BCUT2D eigenvalue weighted by atomic mass is 9.82. The molecular formula is C15H24N4O4S. The smallest absolute Gasteiger partial charge is 0.350 e. The van der Waals surface area contributed by atoms with Gasteiger partial charge < -0.3 is 10.5 Å². The predicted octanol–water partition coefficient (Wildman–Crippen LogP) is 0.00120. The minimum atomic E-state index is -3.17. The van der Waals surface area contributed by atoms with Crippen molar-refractivity contribution in [3.05, 3.63) is 22.7 Å². The number of sulfonamides is 1. The van der Waals surface area contributed by atoms with Gasteiger partial charge in [0.1, 0.15) is 5.82 Å². The van der Waals surface area contributed by atoms with Gasteiger partial charge in [-0.1, -0.05) is 6.92 Å². The molecule has 3 rings (SSSR count). The van der Waals surface area contributed by atoms with Crippen molar-refractivity contribution in [3.8, 4) is 0 Å². The topological polar surface area (TPSA) is 108 Å². The summed E-state index contributed by atoms with van der Waals surface area (Å²) in [6, 6.07) is 1.59. The van der Waals surface area contributed by atoms with E-state index in [4.69, 9.17) is 10.5 Å². The summed E-state index contributed by atoms with van der Waals surface area (Å²) in [6.07, 6.45) is 2.83. The van der Waals surface area contributed by atoms with Gasteiger partial charge in [0.2, 0.25) is 10.0 Å².